The Labute approximate surface area is 206 Å². The summed E-state index contributed by atoms with van der Waals surface area (Å²) in [7, 11) is 0. The highest BCUT2D eigenvalue weighted by atomic mass is 16.6. The summed E-state index contributed by atoms with van der Waals surface area (Å²) in [4.78, 5) is 38.6. The molecule has 1 heterocycles. The molecule has 188 valence electrons. The smallest absolute Gasteiger partial charge is 0.338 e. The third-order valence-electron chi connectivity index (χ3n) is 5.94. The van der Waals surface area contributed by atoms with E-state index in [4.69, 9.17) is 18.9 Å². The van der Waals surface area contributed by atoms with Crippen molar-refractivity contribution >= 4 is 17.7 Å². The van der Waals surface area contributed by atoms with Gasteiger partial charge in [0, 0.05) is 31.6 Å². The number of unbranched alkanes of at least 4 members (excludes halogenated alkanes) is 1. The van der Waals surface area contributed by atoms with E-state index in [0.29, 0.717) is 30.8 Å². The first kappa shape index (κ1) is 26.6. The SMILES string of the molecule is CCCCO[C@H]1CCOC[C@H](CC(=O)c2ccccc2)C(=O)O[C@@H](C)[C@@H]1OC(=O)c1ccccc1. The second-order valence-electron chi connectivity index (χ2n) is 8.69. The van der Waals surface area contributed by atoms with Crippen molar-refractivity contribution in [2.45, 2.75) is 57.8 Å². The minimum Gasteiger partial charge on any atom is -0.458 e. The number of rotatable bonds is 9. The number of hydrogen-bond acceptors (Lipinski definition) is 7. The quantitative estimate of drug-likeness (QED) is 0.292. The van der Waals surface area contributed by atoms with E-state index in [2.05, 4.69) is 6.92 Å². The maximum absolute atomic E-state index is 13.0. The Morgan fingerprint density at radius 3 is 2.31 bits per heavy atom. The van der Waals surface area contributed by atoms with E-state index in [1.54, 1.807) is 55.5 Å². The number of esters is 2. The predicted octanol–water partition coefficient (Wildman–Crippen LogP) is 4.64. The van der Waals surface area contributed by atoms with Gasteiger partial charge in [-0.2, -0.15) is 0 Å². The lowest BCUT2D eigenvalue weighted by Gasteiger charge is -2.33. The lowest BCUT2D eigenvalue weighted by atomic mass is 9.98. The molecule has 7 heteroatoms. The zero-order chi connectivity index (χ0) is 25.0. The highest BCUT2D eigenvalue weighted by Crippen LogP contribution is 2.22. The van der Waals surface area contributed by atoms with E-state index in [1.807, 2.05) is 12.1 Å². The van der Waals surface area contributed by atoms with E-state index < -0.39 is 36.2 Å². The van der Waals surface area contributed by atoms with Gasteiger partial charge in [-0.15, -0.1) is 0 Å². The first-order valence-corrected chi connectivity index (χ1v) is 12.2. The molecule has 1 aliphatic heterocycles. The van der Waals surface area contributed by atoms with Crippen molar-refractivity contribution in [1.82, 2.24) is 0 Å². The number of ether oxygens (including phenoxy) is 4. The second kappa shape index (κ2) is 13.8. The molecule has 0 aliphatic carbocycles. The van der Waals surface area contributed by atoms with Gasteiger partial charge in [-0.1, -0.05) is 61.9 Å². The number of Topliss-reactive ketones (excluding diaryl/α,β-unsaturated/α-hetero) is 1. The molecule has 1 fully saturated rings. The highest BCUT2D eigenvalue weighted by molar-refractivity contribution is 5.98. The molecule has 4 atom stereocenters. The average molecular weight is 483 g/mol. The van der Waals surface area contributed by atoms with Crippen molar-refractivity contribution in [2.24, 2.45) is 5.92 Å². The van der Waals surface area contributed by atoms with Crippen LogP contribution < -0.4 is 0 Å². The van der Waals surface area contributed by atoms with Gasteiger partial charge in [-0.05, 0) is 25.5 Å². The third kappa shape index (κ3) is 8.01. The molecule has 1 saturated heterocycles. The second-order valence-corrected chi connectivity index (χ2v) is 8.69. The fourth-order valence-electron chi connectivity index (χ4n) is 3.91. The number of cyclic esters (lactones) is 1. The Bertz CT molecular complexity index is 944. The molecule has 0 aromatic heterocycles. The molecule has 0 unspecified atom stereocenters. The Kier molecular flexibility index (Phi) is 10.4. The Morgan fingerprint density at radius 1 is 1.00 bits per heavy atom. The maximum atomic E-state index is 13.0. The topological polar surface area (TPSA) is 88.1 Å². The van der Waals surface area contributed by atoms with Crippen LogP contribution >= 0.6 is 0 Å². The van der Waals surface area contributed by atoms with Gasteiger partial charge in [-0.3, -0.25) is 9.59 Å². The van der Waals surface area contributed by atoms with E-state index in [-0.39, 0.29) is 18.8 Å². The van der Waals surface area contributed by atoms with Crippen LogP contribution in [0.25, 0.3) is 0 Å². The van der Waals surface area contributed by atoms with Gasteiger partial charge in [0.15, 0.2) is 11.9 Å². The summed E-state index contributed by atoms with van der Waals surface area (Å²) in [5.41, 5.74) is 0.933. The fraction of sp³-hybridized carbons (Fsp3) is 0.464. The fourth-order valence-corrected chi connectivity index (χ4v) is 3.91. The summed E-state index contributed by atoms with van der Waals surface area (Å²) in [6.45, 7) is 4.62. The maximum Gasteiger partial charge on any atom is 0.338 e. The molecule has 0 saturated carbocycles. The minimum absolute atomic E-state index is 0.0273. The van der Waals surface area contributed by atoms with Crippen molar-refractivity contribution in [1.29, 1.82) is 0 Å². The summed E-state index contributed by atoms with van der Waals surface area (Å²) in [6.07, 6.45) is 0.149. The number of hydrogen-bond donors (Lipinski definition) is 0. The van der Waals surface area contributed by atoms with Crippen LogP contribution in [0.3, 0.4) is 0 Å². The number of carbonyl (C=O) groups is 3. The molecule has 35 heavy (non-hydrogen) atoms. The normalized spacial score (nSPS) is 23.2. The first-order chi connectivity index (χ1) is 17.0. The summed E-state index contributed by atoms with van der Waals surface area (Å²) in [6, 6.07) is 17.5. The largest absolute Gasteiger partial charge is 0.458 e. The molecule has 0 radical (unpaired) electrons. The van der Waals surface area contributed by atoms with Gasteiger partial charge in [0.05, 0.1) is 18.1 Å². The molecule has 3 rings (SSSR count). The van der Waals surface area contributed by atoms with Gasteiger partial charge in [0.2, 0.25) is 0 Å². The lowest BCUT2D eigenvalue weighted by molar-refractivity contribution is -0.172. The molecule has 1 aliphatic rings. The average Bonchev–Trinajstić information content (AvgIpc) is 2.88. The van der Waals surface area contributed by atoms with Gasteiger partial charge in [0.1, 0.15) is 12.2 Å². The Balaban J connectivity index is 1.75. The van der Waals surface area contributed by atoms with Gasteiger partial charge < -0.3 is 18.9 Å². The summed E-state index contributed by atoms with van der Waals surface area (Å²) in [5, 5.41) is 0. The molecule has 0 amide bonds. The van der Waals surface area contributed by atoms with Gasteiger partial charge in [-0.25, -0.2) is 4.79 Å². The predicted molar refractivity (Wildman–Crippen MR) is 130 cm³/mol. The standard InChI is InChI=1S/C28H34O7/c1-3-4-16-33-25-15-17-32-19-23(18-24(29)21-11-7-5-8-12-21)28(31)34-20(2)26(25)35-27(30)22-13-9-6-10-14-22/h5-14,20,23,25-26H,3-4,15-19H2,1-2H3/t20-,23-,25-,26-/m0/s1. The van der Waals surface area contributed by atoms with Crippen LogP contribution in [0.15, 0.2) is 60.7 Å². The van der Waals surface area contributed by atoms with Crippen molar-refractivity contribution in [3.8, 4) is 0 Å². The van der Waals surface area contributed by atoms with E-state index in [9.17, 15) is 14.4 Å². The summed E-state index contributed by atoms with van der Waals surface area (Å²) in [5.74, 6) is -1.99. The van der Waals surface area contributed by atoms with Crippen molar-refractivity contribution < 1.29 is 33.3 Å². The van der Waals surface area contributed by atoms with Crippen LogP contribution in [-0.2, 0) is 23.7 Å². The molecule has 2 aromatic rings. The van der Waals surface area contributed by atoms with Crippen molar-refractivity contribution in [3.63, 3.8) is 0 Å². The third-order valence-corrected chi connectivity index (χ3v) is 5.94. The molecular weight excluding hydrogens is 448 g/mol. The van der Waals surface area contributed by atoms with Crippen molar-refractivity contribution in [3.05, 3.63) is 71.8 Å². The van der Waals surface area contributed by atoms with Crippen LogP contribution in [0, 0.1) is 5.92 Å². The highest BCUT2D eigenvalue weighted by Gasteiger charge is 2.37. The van der Waals surface area contributed by atoms with Gasteiger partial charge in [0.25, 0.3) is 0 Å². The Morgan fingerprint density at radius 2 is 1.66 bits per heavy atom. The summed E-state index contributed by atoms with van der Waals surface area (Å²) >= 11 is 0. The van der Waals surface area contributed by atoms with Crippen LogP contribution in [0.1, 0.15) is 60.2 Å². The van der Waals surface area contributed by atoms with Gasteiger partial charge >= 0.3 is 11.9 Å². The summed E-state index contributed by atoms with van der Waals surface area (Å²) < 4.78 is 23.4. The monoisotopic (exact) mass is 482 g/mol. The number of ketones is 1. The molecule has 0 bridgehead atoms. The van der Waals surface area contributed by atoms with Crippen LogP contribution in [-0.4, -0.2) is 55.9 Å². The zero-order valence-electron chi connectivity index (χ0n) is 20.4. The molecule has 0 N–H and O–H groups in total. The number of carbonyl (C=O) groups excluding carboxylic acids is 3. The number of benzene rings is 2. The minimum atomic E-state index is -0.823. The van der Waals surface area contributed by atoms with Crippen molar-refractivity contribution in [2.75, 3.05) is 19.8 Å². The van der Waals surface area contributed by atoms with E-state index in [1.165, 1.54) is 0 Å². The Hall–Kier alpha value is -3.03. The zero-order valence-corrected chi connectivity index (χ0v) is 20.4. The van der Waals surface area contributed by atoms with Crippen LogP contribution in [0.4, 0.5) is 0 Å². The molecular formula is C28H34O7. The van der Waals surface area contributed by atoms with E-state index in [0.717, 1.165) is 12.8 Å². The molecule has 2 aromatic carbocycles. The van der Waals surface area contributed by atoms with Crippen LogP contribution in [0.5, 0.6) is 0 Å². The molecule has 0 spiro atoms. The van der Waals surface area contributed by atoms with Crippen LogP contribution in [0.2, 0.25) is 0 Å². The first-order valence-electron chi connectivity index (χ1n) is 12.2. The van der Waals surface area contributed by atoms with E-state index >= 15 is 0 Å². The lowest BCUT2D eigenvalue weighted by Crippen LogP contribution is -2.46. The molecule has 7 nitrogen and oxygen atoms in total.